The maximum absolute atomic E-state index is 3.06. The molecule has 0 unspecified atom stereocenters. The van der Waals surface area contributed by atoms with Crippen LogP contribution in [0.2, 0.25) is 0 Å². The lowest BCUT2D eigenvalue weighted by molar-refractivity contribution is 0.207. The van der Waals surface area contributed by atoms with Crippen LogP contribution in [0.1, 0.15) is 5.56 Å². The molecule has 0 aliphatic carbocycles. The van der Waals surface area contributed by atoms with Crippen LogP contribution in [0.5, 0.6) is 0 Å². The molecule has 0 atom stereocenters. The van der Waals surface area contributed by atoms with Gasteiger partial charge < -0.3 is 0 Å². The molecule has 0 saturated heterocycles. The van der Waals surface area contributed by atoms with Gasteiger partial charge in [0.2, 0.25) is 0 Å². The Hall–Kier alpha value is -1.32. The number of benzene rings is 1. The van der Waals surface area contributed by atoms with E-state index in [1.807, 2.05) is 17.3 Å². The van der Waals surface area contributed by atoms with Gasteiger partial charge in [-0.05, 0) is 5.56 Å². The van der Waals surface area contributed by atoms with E-state index in [0.717, 1.165) is 13.1 Å². The van der Waals surface area contributed by atoms with E-state index in [4.69, 9.17) is 0 Å². The van der Waals surface area contributed by atoms with Crippen molar-refractivity contribution >= 4 is 0 Å². The molecule has 1 heterocycles. The van der Waals surface area contributed by atoms with Crippen LogP contribution in [-0.4, -0.2) is 11.6 Å². The minimum absolute atomic E-state index is 0.879. The van der Waals surface area contributed by atoms with Crippen molar-refractivity contribution in [1.82, 2.24) is 16.0 Å². The smallest absolute Gasteiger partial charge is 0.0601 e. The van der Waals surface area contributed by atoms with Gasteiger partial charge in [0.05, 0.1) is 6.54 Å². The topological polar surface area (TPSA) is 27.3 Å². The van der Waals surface area contributed by atoms with Gasteiger partial charge in [0.1, 0.15) is 0 Å². The summed E-state index contributed by atoms with van der Waals surface area (Å²) in [4.78, 5) is 0. The quantitative estimate of drug-likeness (QED) is 0.703. The number of nitrogens with one attached hydrogen (secondary N) is 2. The number of nitrogens with zero attached hydrogens (tertiary/aromatic N) is 1. The second-order valence-electron chi connectivity index (χ2n) is 2.99. The first kappa shape index (κ1) is 8.29. The lowest BCUT2D eigenvalue weighted by Crippen LogP contribution is -2.46. The highest BCUT2D eigenvalue weighted by Gasteiger charge is 2.01. The van der Waals surface area contributed by atoms with Gasteiger partial charge in [-0.15, -0.1) is 0 Å². The second kappa shape index (κ2) is 4.07. The number of hydrazine groups is 2. The predicted molar refractivity (Wildman–Crippen MR) is 52.3 cm³/mol. The maximum Gasteiger partial charge on any atom is 0.0601 e. The average Bonchev–Trinajstić information content (AvgIpc) is 2.21. The lowest BCUT2D eigenvalue weighted by atomic mass is 10.2. The Morgan fingerprint density at radius 3 is 2.77 bits per heavy atom. The number of hydrogen-bond acceptors (Lipinski definition) is 3. The molecule has 1 aromatic carbocycles. The fourth-order valence-electron chi connectivity index (χ4n) is 1.30. The number of rotatable bonds is 2. The molecular formula is C10H13N3. The molecule has 0 spiro atoms. The third kappa shape index (κ3) is 2.31. The van der Waals surface area contributed by atoms with Crippen molar-refractivity contribution < 1.29 is 0 Å². The molecule has 1 aliphatic rings. The average molecular weight is 175 g/mol. The van der Waals surface area contributed by atoms with E-state index in [2.05, 4.69) is 41.3 Å². The summed E-state index contributed by atoms with van der Waals surface area (Å²) in [5.74, 6) is 0. The van der Waals surface area contributed by atoms with Gasteiger partial charge in [-0.1, -0.05) is 36.4 Å². The van der Waals surface area contributed by atoms with E-state index in [1.54, 1.807) is 0 Å². The highest BCUT2D eigenvalue weighted by molar-refractivity contribution is 5.14. The Morgan fingerprint density at radius 2 is 2.08 bits per heavy atom. The van der Waals surface area contributed by atoms with Crippen molar-refractivity contribution in [1.29, 1.82) is 0 Å². The highest BCUT2D eigenvalue weighted by Crippen LogP contribution is 2.02. The lowest BCUT2D eigenvalue weighted by Gasteiger charge is -2.24. The summed E-state index contributed by atoms with van der Waals surface area (Å²) in [6.45, 7) is 1.76. The summed E-state index contributed by atoms with van der Waals surface area (Å²) in [5.41, 5.74) is 7.40. The van der Waals surface area contributed by atoms with Crippen LogP contribution < -0.4 is 11.0 Å². The van der Waals surface area contributed by atoms with Gasteiger partial charge in [0.15, 0.2) is 0 Å². The summed E-state index contributed by atoms with van der Waals surface area (Å²) < 4.78 is 0. The maximum atomic E-state index is 3.06. The molecule has 13 heavy (non-hydrogen) atoms. The van der Waals surface area contributed by atoms with Gasteiger partial charge in [-0.3, -0.25) is 5.01 Å². The Morgan fingerprint density at radius 1 is 1.23 bits per heavy atom. The first-order chi connectivity index (χ1) is 6.45. The van der Waals surface area contributed by atoms with Gasteiger partial charge in [-0.2, -0.15) is 5.53 Å². The zero-order valence-electron chi connectivity index (χ0n) is 7.40. The first-order valence-corrected chi connectivity index (χ1v) is 4.41. The predicted octanol–water partition coefficient (Wildman–Crippen LogP) is 1.03. The van der Waals surface area contributed by atoms with Crippen LogP contribution in [-0.2, 0) is 6.54 Å². The van der Waals surface area contributed by atoms with Gasteiger partial charge in [0, 0.05) is 12.7 Å². The Labute approximate surface area is 78.0 Å². The van der Waals surface area contributed by atoms with Crippen LogP contribution in [0.25, 0.3) is 0 Å². The van der Waals surface area contributed by atoms with E-state index in [-0.39, 0.29) is 0 Å². The molecule has 1 aliphatic heterocycles. The molecule has 0 bridgehead atoms. The van der Waals surface area contributed by atoms with E-state index in [1.165, 1.54) is 5.56 Å². The zero-order valence-corrected chi connectivity index (χ0v) is 7.40. The zero-order chi connectivity index (χ0) is 8.93. The summed E-state index contributed by atoms with van der Waals surface area (Å²) in [7, 11) is 0. The van der Waals surface area contributed by atoms with Gasteiger partial charge in [-0.25, -0.2) is 5.43 Å². The first-order valence-electron chi connectivity index (χ1n) is 4.41. The third-order valence-corrected chi connectivity index (χ3v) is 1.92. The van der Waals surface area contributed by atoms with Crippen molar-refractivity contribution in [2.24, 2.45) is 0 Å². The Kier molecular flexibility index (Phi) is 2.59. The van der Waals surface area contributed by atoms with E-state index in [9.17, 15) is 0 Å². The van der Waals surface area contributed by atoms with Crippen LogP contribution in [0.15, 0.2) is 42.6 Å². The molecule has 0 aromatic heterocycles. The third-order valence-electron chi connectivity index (χ3n) is 1.92. The Bertz CT molecular complexity index is 281. The fraction of sp³-hybridized carbons (Fsp3) is 0.200. The van der Waals surface area contributed by atoms with E-state index >= 15 is 0 Å². The normalized spacial score (nSPS) is 16.2. The summed E-state index contributed by atoms with van der Waals surface area (Å²) in [6, 6.07) is 10.4. The van der Waals surface area contributed by atoms with Crippen LogP contribution in [0, 0.1) is 0 Å². The highest BCUT2D eigenvalue weighted by atomic mass is 15.7. The number of hydrogen-bond donors (Lipinski definition) is 2. The van der Waals surface area contributed by atoms with Crippen molar-refractivity contribution in [3.63, 3.8) is 0 Å². The van der Waals surface area contributed by atoms with Crippen LogP contribution >= 0.6 is 0 Å². The SMILES string of the molecule is C1=CN(Cc2ccccc2)NNC1. The van der Waals surface area contributed by atoms with Crippen molar-refractivity contribution in [3.8, 4) is 0 Å². The minimum Gasteiger partial charge on any atom is -0.298 e. The summed E-state index contributed by atoms with van der Waals surface area (Å²) >= 11 is 0. The minimum atomic E-state index is 0.879. The summed E-state index contributed by atoms with van der Waals surface area (Å²) in [5, 5.41) is 2.01. The molecule has 1 aromatic rings. The van der Waals surface area contributed by atoms with Crippen LogP contribution in [0.4, 0.5) is 0 Å². The molecule has 0 saturated carbocycles. The fourth-order valence-corrected chi connectivity index (χ4v) is 1.30. The Balaban J connectivity index is 1.98. The van der Waals surface area contributed by atoms with Gasteiger partial charge >= 0.3 is 0 Å². The molecule has 3 nitrogen and oxygen atoms in total. The molecule has 3 heteroatoms. The van der Waals surface area contributed by atoms with Crippen LogP contribution in [0.3, 0.4) is 0 Å². The second-order valence-corrected chi connectivity index (χ2v) is 2.99. The van der Waals surface area contributed by atoms with Crippen molar-refractivity contribution in [2.75, 3.05) is 6.54 Å². The van der Waals surface area contributed by atoms with Crippen molar-refractivity contribution in [3.05, 3.63) is 48.2 Å². The van der Waals surface area contributed by atoms with E-state index < -0.39 is 0 Å². The molecule has 2 N–H and O–H groups in total. The largest absolute Gasteiger partial charge is 0.298 e. The molecule has 2 rings (SSSR count). The molecular weight excluding hydrogens is 162 g/mol. The molecule has 0 amide bonds. The summed E-state index contributed by atoms with van der Waals surface area (Å²) in [6.07, 6.45) is 4.13. The molecule has 68 valence electrons. The van der Waals surface area contributed by atoms with E-state index in [0.29, 0.717) is 0 Å². The van der Waals surface area contributed by atoms with Gasteiger partial charge in [0.25, 0.3) is 0 Å². The van der Waals surface area contributed by atoms with Crippen molar-refractivity contribution in [2.45, 2.75) is 6.54 Å². The molecule has 0 fully saturated rings. The standard InChI is InChI=1S/C10H13N3/c1-2-5-10(6-3-1)9-13-8-4-7-11-12-13/h1-6,8,11-12H,7,9H2. The molecule has 0 radical (unpaired) electrons. The monoisotopic (exact) mass is 175 g/mol.